The number of nitro groups is 1. The Morgan fingerprint density at radius 2 is 2.05 bits per heavy atom. The summed E-state index contributed by atoms with van der Waals surface area (Å²) < 4.78 is 0.756. The van der Waals surface area contributed by atoms with Crippen molar-refractivity contribution in [2.24, 2.45) is 5.41 Å². The Labute approximate surface area is 138 Å². The van der Waals surface area contributed by atoms with E-state index in [-0.39, 0.29) is 17.0 Å². The van der Waals surface area contributed by atoms with Crippen molar-refractivity contribution >= 4 is 34.2 Å². The molecule has 0 unspecified atom stereocenters. The minimum absolute atomic E-state index is 0.0334. The van der Waals surface area contributed by atoms with E-state index in [0.29, 0.717) is 12.1 Å². The van der Waals surface area contributed by atoms with Crippen LogP contribution in [-0.2, 0) is 0 Å². The number of benzene rings is 1. The predicted molar refractivity (Wildman–Crippen MR) is 89.3 cm³/mol. The lowest BCUT2D eigenvalue weighted by atomic mass is 9.85. The summed E-state index contributed by atoms with van der Waals surface area (Å²) in [6.07, 6.45) is 3.04. The van der Waals surface area contributed by atoms with E-state index >= 15 is 0 Å². The summed E-state index contributed by atoms with van der Waals surface area (Å²) in [7, 11) is 0. The molecule has 1 aromatic rings. The molecule has 2 rings (SSSR count). The molecule has 1 aliphatic heterocycles. The Morgan fingerprint density at radius 1 is 1.33 bits per heavy atom. The van der Waals surface area contributed by atoms with E-state index in [4.69, 9.17) is 0 Å². The lowest BCUT2D eigenvalue weighted by molar-refractivity contribution is -0.384. The van der Waals surface area contributed by atoms with E-state index in [0.717, 1.165) is 29.4 Å². The van der Waals surface area contributed by atoms with Crippen molar-refractivity contribution in [3.63, 3.8) is 0 Å². The molecule has 1 fully saturated rings. The van der Waals surface area contributed by atoms with Gasteiger partial charge in [0.05, 0.1) is 10.5 Å². The summed E-state index contributed by atoms with van der Waals surface area (Å²) in [5.74, 6) is -0.0965. The van der Waals surface area contributed by atoms with Crippen molar-refractivity contribution in [1.82, 2.24) is 4.90 Å². The van der Waals surface area contributed by atoms with Gasteiger partial charge >= 0.3 is 0 Å². The second-order valence-corrected chi connectivity index (χ2v) is 7.39. The van der Waals surface area contributed by atoms with E-state index in [1.807, 2.05) is 4.90 Å². The first-order valence-electron chi connectivity index (χ1n) is 7.03. The molecule has 0 spiro atoms. The first kappa shape index (κ1) is 16.2. The van der Waals surface area contributed by atoms with Crippen molar-refractivity contribution in [3.05, 3.63) is 37.4 Å². The molecule has 1 amide bonds. The van der Waals surface area contributed by atoms with E-state index < -0.39 is 4.92 Å². The van der Waals surface area contributed by atoms with Gasteiger partial charge in [-0.2, -0.15) is 0 Å². The smallest absolute Gasteiger partial charge is 0.270 e. The molecule has 21 heavy (non-hydrogen) atoms. The van der Waals surface area contributed by atoms with E-state index in [1.165, 1.54) is 12.1 Å². The molecule has 1 saturated heterocycles. The number of carbonyl (C=O) groups is 1. The molecule has 6 heteroatoms. The first-order valence-corrected chi connectivity index (χ1v) is 8.11. The minimum Gasteiger partial charge on any atom is -0.339 e. The number of amides is 1. The van der Waals surface area contributed by atoms with Crippen LogP contribution >= 0.6 is 22.6 Å². The van der Waals surface area contributed by atoms with Gasteiger partial charge in [0.1, 0.15) is 0 Å². The van der Waals surface area contributed by atoms with Gasteiger partial charge in [-0.1, -0.05) is 13.8 Å². The third-order valence-electron chi connectivity index (χ3n) is 4.02. The van der Waals surface area contributed by atoms with Gasteiger partial charge < -0.3 is 4.90 Å². The summed E-state index contributed by atoms with van der Waals surface area (Å²) in [5, 5.41) is 10.9. The van der Waals surface area contributed by atoms with Crippen LogP contribution in [0.15, 0.2) is 18.2 Å². The van der Waals surface area contributed by atoms with E-state index in [1.54, 1.807) is 6.07 Å². The highest BCUT2D eigenvalue weighted by atomic mass is 127. The molecule has 1 aliphatic rings. The largest absolute Gasteiger partial charge is 0.339 e. The normalized spacial score (nSPS) is 18.1. The SMILES string of the molecule is CC1(C)CCCN(C(=O)c2cc([N+](=O)[O-])ccc2I)CC1. The fraction of sp³-hybridized carbons (Fsp3) is 0.533. The van der Waals surface area contributed by atoms with Crippen molar-refractivity contribution < 1.29 is 9.72 Å². The summed E-state index contributed by atoms with van der Waals surface area (Å²) in [6, 6.07) is 4.46. The van der Waals surface area contributed by atoms with Gasteiger partial charge in [0.2, 0.25) is 0 Å². The van der Waals surface area contributed by atoms with Gasteiger partial charge in [0.25, 0.3) is 11.6 Å². The lowest BCUT2D eigenvalue weighted by Crippen LogP contribution is -2.33. The minimum atomic E-state index is -0.460. The van der Waals surface area contributed by atoms with Crippen LogP contribution in [0.4, 0.5) is 5.69 Å². The van der Waals surface area contributed by atoms with Gasteiger partial charge in [-0.05, 0) is 53.3 Å². The zero-order chi connectivity index (χ0) is 15.6. The fourth-order valence-corrected chi connectivity index (χ4v) is 3.15. The summed E-state index contributed by atoms with van der Waals surface area (Å²) in [5.41, 5.74) is 0.656. The molecule has 5 nitrogen and oxygen atoms in total. The maximum absolute atomic E-state index is 12.7. The zero-order valence-electron chi connectivity index (χ0n) is 12.3. The third kappa shape index (κ3) is 3.93. The van der Waals surface area contributed by atoms with Crippen LogP contribution in [0.3, 0.4) is 0 Å². The molecule has 0 saturated carbocycles. The van der Waals surface area contributed by atoms with Crippen molar-refractivity contribution in [2.45, 2.75) is 33.1 Å². The van der Waals surface area contributed by atoms with E-state index in [2.05, 4.69) is 36.4 Å². The highest BCUT2D eigenvalue weighted by Crippen LogP contribution is 2.31. The number of rotatable bonds is 2. The molecule has 114 valence electrons. The zero-order valence-corrected chi connectivity index (χ0v) is 14.4. The molecule has 1 aromatic carbocycles. The number of likely N-dealkylation sites (tertiary alicyclic amines) is 1. The quantitative estimate of drug-likeness (QED) is 0.429. The van der Waals surface area contributed by atoms with Crippen molar-refractivity contribution in [2.75, 3.05) is 13.1 Å². The Morgan fingerprint density at radius 3 is 2.71 bits per heavy atom. The summed E-state index contributed by atoms with van der Waals surface area (Å²) >= 11 is 2.06. The average molecular weight is 402 g/mol. The Bertz CT molecular complexity index is 572. The number of hydrogen-bond acceptors (Lipinski definition) is 3. The molecule has 0 aliphatic carbocycles. The first-order chi connectivity index (χ1) is 9.80. The maximum atomic E-state index is 12.7. The van der Waals surface area contributed by atoms with Crippen LogP contribution in [-0.4, -0.2) is 28.8 Å². The van der Waals surface area contributed by atoms with Crippen LogP contribution in [0.5, 0.6) is 0 Å². The lowest BCUT2D eigenvalue weighted by Gasteiger charge is -2.23. The number of halogens is 1. The van der Waals surface area contributed by atoms with Gasteiger partial charge in [-0.15, -0.1) is 0 Å². The van der Waals surface area contributed by atoms with Crippen LogP contribution in [0.25, 0.3) is 0 Å². The standard InChI is InChI=1S/C15H19IN2O3/c1-15(2)6-3-8-17(9-7-15)14(19)12-10-11(18(20)21)4-5-13(12)16/h4-5,10H,3,6-9H2,1-2H3. The Kier molecular flexibility index (Phi) is 4.85. The number of hydrogen-bond donors (Lipinski definition) is 0. The maximum Gasteiger partial charge on any atom is 0.270 e. The second kappa shape index (κ2) is 6.29. The molecule has 0 N–H and O–H groups in total. The van der Waals surface area contributed by atoms with E-state index in [9.17, 15) is 14.9 Å². The van der Waals surface area contributed by atoms with Crippen LogP contribution < -0.4 is 0 Å². The topological polar surface area (TPSA) is 63.5 Å². The molecule has 0 bridgehead atoms. The molecular weight excluding hydrogens is 383 g/mol. The van der Waals surface area contributed by atoms with Gasteiger partial charge in [0, 0.05) is 28.8 Å². The van der Waals surface area contributed by atoms with Crippen LogP contribution in [0.1, 0.15) is 43.5 Å². The summed E-state index contributed by atoms with van der Waals surface area (Å²) in [4.78, 5) is 24.9. The molecule has 0 radical (unpaired) electrons. The summed E-state index contributed by atoms with van der Waals surface area (Å²) in [6.45, 7) is 5.88. The second-order valence-electron chi connectivity index (χ2n) is 6.23. The van der Waals surface area contributed by atoms with Crippen molar-refractivity contribution in [3.8, 4) is 0 Å². The third-order valence-corrected chi connectivity index (χ3v) is 4.96. The number of carbonyl (C=O) groups excluding carboxylic acids is 1. The Hall–Kier alpha value is -1.18. The average Bonchev–Trinajstić information content (AvgIpc) is 2.59. The van der Waals surface area contributed by atoms with Gasteiger partial charge in [-0.3, -0.25) is 14.9 Å². The number of non-ortho nitro benzene ring substituents is 1. The monoisotopic (exact) mass is 402 g/mol. The predicted octanol–water partition coefficient (Wildman–Crippen LogP) is 3.85. The molecule has 0 atom stereocenters. The molecule has 0 aromatic heterocycles. The van der Waals surface area contributed by atoms with Crippen LogP contribution in [0, 0.1) is 19.1 Å². The fourth-order valence-electron chi connectivity index (χ4n) is 2.59. The highest BCUT2D eigenvalue weighted by molar-refractivity contribution is 14.1. The van der Waals surface area contributed by atoms with Crippen LogP contribution in [0.2, 0.25) is 0 Å². The van der Waals surface area contributed by atoms with Gasteiger partial charge in [-0.25, -0.2) is 0 Å². The number of nitrogens with zero attached hydrogens (tertiary/aromatic N) is 2. The molecular formula is C15H19IN2O3. The number of nitro benzene ring substituents is 1. The Balaban J connectivity index is 2.23. The molecule has 1 heterocycles. The van der Waals surface area contributed by atoms with Gasteiger partial charge in [0.15, 0.2) is 0 Å². The highest BCUT2D eigenvalue weighted by Gasteiger charge is 2.27. The van der Waals surface area contributed by atoms with Crippen molar-refractivity contribution in [1.29, 1.82) is 0 Å².